The fraction of sp³-hybridized carbons (Fsp3) is 0.324. The molecule has 8 heteroatoms. The van der Waals surface area contributed by atoms with Gasteiger partial charge in [-0.25, -0.2) is 0 Å². The highest BCUT2D eigenvalue weighted by molar-refractivity contribution is 5.94. The fourth-order valence-electron chi connectivity index (χ4n) is 4.71. The molecule has 0 saturated heterocycles. The van der Waals surface area contributed by atoms with E-state index in [4.69, 9.17) is 9.47 Å². The molecule has 42 heavy (non-hydrogen) atoms. The molecule has 0 aromatic heterocycles. The minimum Gasteiger partial charge on any atom is -0.493 e. The summed E-state index contributed by atoms with van der Waals surface area (Å²) in [5, 5.41) is 15.3. The Bertz CT molecular complexity index is 1400. The molecule has 0 fully saturated rings. The van der Waals surface area contributed by atoms with Crippen LogP contribution in [-0.2, 0) is 14.4 Å². The lowest BCUT2D eigenvalue weighted by Crippen LogP contribution is -2.37. The van der Waals surface area contributed by atoms with Crippen molar-refractivity contribution in [1.82, 2.24) is 5.32 Å². The number of rotatable bonds is 14. The van der Waals surface area contributed by atoms with Gasteiger partial charge in [0.15, 0.2) is 11.5 Å². The number of hydrogen-bond donors (Lipinski definition) is 3. The Hall–Kier alpha value is -4.59. The molecule has 1 unspecified atom stereocenters. The van der Waals surface area contributed by atoms with Crippen LogP contribution in [0.5, 0.6) is 11.5 Å². The number of carbonyl (C=O) groups is 3. The number of carboxylic acid groups (broad SMARTS) is 1. The Kier molecular flexibility index (Phi) is 11.7. The number of hydrogen-bond acceptors (Lipinski definition) is 5. The molecular weight excluding hydrogens is 532 g/mol. The van der Waals surface area contributed by atoms with Crippen molar-refractivity contribution in [3.63, 3.8) is 0 Å². The van der Waals surface area contributed by atoms with Gasteiger partial charge in [-0.2, -0.15) is 0 Å². The van der Waals surface area contributed by atoms with Crippen molar-refractivity contribution in [2.45, 2.75) is 46.1 Å². The van der Waals surface area contributed by atoms with Crippen LogP contribution in [0.2, 0.25) is 0 Å². The fourth-order valence-corrected chi connectivity index (χ4v) is 4.71. The Morgan fingerprint density at radius 1 is 0.881 bits per heavy atom. The van der Waals surface area contributed by atoms with Crippen LogP contribution < -0.4 is 20.1 Å². The van der Waals surface area contributed by atoms with Gasteiger partial charge in [0.05, 0.1) is 26.7 Å². The molecule has 0 saturated carbocycles. The number of aryl methyl sites for hydroxylation is 1. The number of benzene rings is 3. The van der Waals surface area contributed by atoms with Crippen LogP contribution in [0.1, 0.15) is 61.4 Å². The summed E-state index contributed by atoms with van der Waals surface area (Å²) in [7, 11) is 2.99. The predicted octanol–water partition coefficient (Wildman–Crippen LogP) is 6.51. The molecule has 8 nitrogen and oxygen atoms in total. The molecule has 222 valence electrons. The molecule has 0 spiro atoms. The first-order valence-electron chi connectivity index (χ1n) is 14.0. The zero-order valence-electron chi connectivity index (χ0n) is 24.8. The Balaban J connectivity index is 1.69. The molecule has 0 heterocycles. The molecule has 0 bridgehead atoms. The Morgan fingerprint density at radius 2 is 1.57 bits per heavy atom. The molecule has 0 aliphatic rings. The van der Waals surface area contributed by atoms with E-state index in [9.17, 15) is 19.5 Å². The van der Waals surface area contributed by atoms with Crippen molar-refractivity contribution in [2.75, 3.05) is 19.5 Å². The van der Waals surface area contributed by atoms with Gasteiger partial charge in [0.25, 0.3) is 0 Å². The molecule has 2 amide bonds. The summed E-state index contributed by atoms with van der Waals surface area (Å²) in [6.07, 6.45) is 4.17. The molecule has 2 atom stereocenters. The summed E-state index contributed by atoms with van der Waals surface area (Å²) in [6.45, 7) is 6.02. The third kappa shape index (κ3) is 9.51. The first-order valence-corrected chi connectivity index (χ1v) is 14.0. The molecule has 3 rings (SSSR count). The summed E-state index contributed by atoms with van der Waals surface area (Å²) in [5.74, 6) is -1.31. The van der Waals surface area contributed by atoms with Crippen LogP contribution in [0.4, 0.5) is 5.69 Å². The third-order valence-electron chi connectivity index (χ3n) is 6.90. The standard InChI is InChI=1S/C34H40N2O6/c1-22(2)18-27(34(40)36-29(21-33(38)39)26-14-17-30(41-4)31(19-26)42-5)20-32(37)35-28-15-11-24(12-16-28)10-13-25-9-7-6-8-23(25)3/h6-17,19,22,27,29H,18,20-21H2,1-5H3,(H,35,37)(H,36,40)(H,38,39)/b13-10+/t27?,29-/m0/s1. The first kappa shape index (κ1) is 31.9. The van der Waals surface area contributed by atoms with E-state index in [2.05, 4.69) is 35.8 Å². The second kappa shape index (κ2) is 15.4. The molecular formula is C34H40N2O6. The Morgan fingerprint density at radius 3 is 2.19 bits per heavy atom. The van der Waals surface area contributed by atoms with Gasteiger partial charge in [0.2, 0.25) is 11.8 Å². The number of methoxy groups -OCH3 is 2. The summed E-state index contributed by atoms with van der Waals surface area (Å²) in [4.78, 5) is 38.1. The van der Waals surface area contributed by atoms with Gasteiger partial charge in [-0.3, -0.25) is 14.4 Å². The lowest BCUT2D eigenvalue weighted by atomic mass is 9.92. The second-order valence-electron chi connectivity index (χ2n) is 10.7. The van der Waals surface area contributed by atoms with Gasteiger partial charge in [0.1, 0.15) is 0 Å². The number of amides is 2. The minimum absolute atomic E-state index is 0.0370. The van der Waals surface area contributed by atoms with Crippen molar-refractivity contribution in [3.05, 3.63) is 89.0 Å². The van der Waals surface area contributed by atoms with Gasteiger partial charge < -0.3 is 25.2 Å². The lowest BCUT2D eigenvalue weighted by molar-refractivity contribution is -0.138. The summed E-state index contributed by atoms with van der Waals surface area (Å²) >= 11 is 0. The van der Waals surface area contributed by atoms with Crippen LogP contribution in [0.15, 0.2) is 66.7 Å². The molecule has 3 aromatic carbocycles. The number of nitrogens with one attached hydrogen (secondary N) is 2. The van der Waals surface area contributed by atoms with Gasteiger partial charge in [-0.15, -0.1) is 0 Å². The van der Waals surface area contributed by atoms with E-state index in [1.165, 1.54) is 19.8 Å². The van der Waals surface area contributed by atoms with Crippen LogP contribution >= 0.6 is 0 Å². The number of ether oxygens (including phenoxy) is 2. The van der Waals surface area contributed by atoms with Crippen molar-refractivity contribution in [2.24, 2.45) is 11.8 Å². The topological polar surface area (TPSA) is 114 Å². The minimum atomic E-state index is -1.06. The third-order valence-corrected chi connectivity index (χ3v) is 6.90. The van der Waals surface area contributed by atoms with Crippen molar-refractivity contribution in [3.8, 4) is 11.5 Å². The smallest absolute Gasteiger partial charge is 0.305 e. The molecule has 0 radical (unpaired) electrons. The normalized spacial score (nSPS) is 12.5. The summed E-state index contributed by atoms with van der Waals surface area (Å²) < 4.78 is 10.6. The van der Waals surface area contributed by atoms with Crippen LogP contribution in [-0.4, -0.2) is 37.1 Å². The molecule has 0 aliphatic carbocycles. The van der Waals surface area contributed by atoms with Gasteiger partial charge >= 0.3 is 5.97 Å². The second-order valence-corrected chi connectivity index (χ2v) is 10.7. The van der Waals surface area contributed by atoms with E-state index < -0.39 is 17.9 Å². The maximum Gasteiger partial charge on any atom is 0.305 e. The molecule has 3 N–H and O–H groups in total. The maximum absolute atomic E-state index is 13.4. The quantitative estimate of drug-likeness (QED) is 0.190. The number of aliphatic carboxylic acids is 1. The molecule has 0 aliphatic heterocycles. The SMILES string of the molecule is COc1ccc([C@H](CC(=O)O)NC(=O)C(CC(=O)Nc2ccc(/C=C/c3ccccc3C)cc2)CC(C)C)cc1OC. The van der Waals surface area contributed by atoms with Gasteiger partial charge in [0, 0.05) is 18.0 Å². The zero-order chi connectivity index (χ0) is 30.6. The monoisotopic (exact) mass is 572 g/mol. The van der Waals surface area contributed by atoms with Crippen molar-refractivity contribution in [1.29, 1.82) is 0 Å². The average Bonchev–Trinajstić information content (AvgIpc) is 2.96. The maximum atomic E-state index is 13.4. The lowest BCUT2D eigenvalue weighted by Gasteiger charge is -2.24. The van der Waals surface area contributed by atoms with Crippen molar-refractivity contribution >= 4 is 35.6 Å². The van der Waals surface area contributed by atoms with E-state index in [0.717, 1.165) is 11.1 Å². The van der Waals surface area contributed by atoms with Crippen molar-refractivity contribution < 1.29 is 29.0 Å². The average molecular weight is 573 g/mol. The van der Waals surface area contributed by atoms with Crippen LogP contribution in [0, 0.1) is 18.8 Å². The van der Waals surface area contributed by atoms with E-state index >= 15 is 0 Å². The van der Waals surface area contributed by atoms with E-state index in [1.807, 2.05) is 56.3 Å². The number of carbonyl (C=O) groups excluding carboxylic acids is 2. The summed E-state index contributed by atoms with van der Waals surface area (Å²) in [6, 6.07) is 19.8. The van der Waals surface area contributed by atoms with E-state index in [0.29, 0.717) is 29.2 Å². The van der Waals surface area contributed by atoms with Gasteiger partial charge in [-0.1, -0.05) is 68.5 Å². The first-order chi connectivity index (χ1) is 20.1. The van der Waals surface area contributed by atoms with Crippen LogP contribution in [0.25, 0.3) is 12.2 Å². The highest BCUT2D eigenvalue weighted by Gasteiger charge is 2.27. The largest absolute Gasteiger partial charge is 0.493 e. The highest BCUT2D eigenvalue weighted by Crippen LogP contribution is 2.31. The predicted molar refractivity (Wildman–Crippen MR) is 165 cm³/mol. The van der Waals surface area contributed by atoms with Crippen LogP contribution in [0.3, 0.4) is 0 Å². The zero-order valence-corrected chi connectivity index (χ0v) is 24.8. The molecule has 3 aromatic rings. The number of carboxylic acids is 1. The van der Waals surface area contributed by atoms with Gasteiger partial charge in [-0.05, 0) is 65.8 Å². The number of anilines is 1. The van der Waals surface area contributed by atoms with E-state index in [-0.39, 0.29) is 30.6 Å². The van der Waals surface area contributed by atoms with E-state index in [1.54, 1.807) is 18.2 Å². The Labute approximate surface area is 247 Å². The summed E-state index contributed by atoms with van der Waals surface area (Å²) in [5.41, 5.74) is 4.52. The highest BCUT2D eigenvalue weighted by atomic mass is 16.5.